The van der Waals surface area contributed by atoms with Crippen molar-refractivity contribution in [1.29, 1.82) is 0 Å². The van der Waals surface area contributed by atoms with Gasteiger partial charge >= 0.3 is 0 Å². The number of carbonyl (C=O) groups excluding carboxylic acids is 2. The number of H-pyrrole nitrogens is 1. The summed E-state index contributed by atoms with van der Waals surface area (Å²) in [7, 11) is 0. The van der Waals surface area contributed by atoms with Crippen molar-refractivity contribution >= 4 is 24.0 Å². The van der Waals surface area contributed by atoms with Crippen LogP contribution in [0, 0.1) is 17.5 Å². The number of hydrogen-bond acceptors (Lipinski definition) is 4. The minimum absolute atomic E-state index is 0.0110. The molecule has 2 heterocycles. The average Bonchev–Trinajstić information content (AvgIpc) is 3.18. The van der Waals surface area contributed by atoms with E-state index in [0.717, 1.165) is 11.1 Å². The number of aromatic nitrogens is 3. The molecule has 0 radical (unpaired) electrons. The van der Waals surface area contributed by atoms with Gasteiger partial charge in [0.1, 0.15) is 5.82 Å². The van der Waals surface area contributed by atoms with Gasteiger partial charge in [0.05, 0.1) is 0 Å². The molecule has 1 saturated heterocycles. The zero-order valence-electron chi connectivity index (χ0n) is 17.8. The molecule has 32 heavy (non-hydrogen) atoms. The zero-order valence-corrected chi connectivity index (χ0v) is 18.6. The van der Waals surface area contributed by atoms with Crippen molar-refractivity contribution in [2.75, 3.05) is 26.2 Å². The molecule has 0 bridgehead atoms. The lowest BCUT2D eigenvalue weighted by atomic mass is 10.1. The minimum Gasteiger partial charge on any atom is -0.339 e. The number of nitrogens with one attached hydrogen (secondary N) is 1. The van der Waals surface area contributed by atoms with Crippen LogP contribution in [0.15, 0.2) is 48.5 Å². The molecule has 1 aromatic heterocycles. The van der Waals surface area contributed by atoms with Gasteiger partial charge in [-0.2, -0.15) is 5.10 Å². The van der Waals surface area contributed by atoms with Crippen LogP contribution >= 0.6 is 12.2 Å². The van der Waals surface area contributed by atoms with Gasteiger partial charge in [-0.05, 0) is 43.4 Å². The average molecular weight is 454 g/mol. The van der Waals surface area contributed by atoms with E-state index < -0.39 is 0 Å². The lowest BCUT2D eigenvalue weighted by Gasteiger charge is -2.35. The van der Waals surface area contributed by atoms with Gasteiger partial charge in [-0.1, -0.05) is 29.8 Å². The third-order valence-electron chi connectivity index (χ3n) is 5.63. The Labute approximate surface area is 190 Å². The van der Waals surface area contributed by atoms with Gasteiger partial charge in [0.15, 0.2) is 10.6 Å². The number of carbonyl (C=O) groups is 2. The predicted octanol–water partition coefficient (Wildman–Crippen LogP) is 3.43. The summed E-state index contributed by atoms with van der Waals surface area (Å²) in [4.78, 5) is 28.8. The molecule has 2 amide bonds. The van der Waals surface area contributed by atoms with Gasteiger partial charge in [-0.25, -0.2) is 4.39 Å². The molecular weight excluding hydrogens is 429 g/mol. The van der Waals surface area contributed by atoms with Crippen molar-refractivity contribution in [3.63, 3.8) is 0 Å². The van der Waals surface area contributed by atoms with Crippen LogP contribution < -0.4 is 0 Å². The molecule has 2 aromatic carbocycles. The van der Waals surface area contributed by atoms with E-state index in [4.69, 9.17) is 12.2 Å². The van der Waals surface area contributed by atoms with Crippen molar-refractivity contribution in [2.24, 2.45) is 0 Å². The summed E-state index contributed by atoms with van der Waals surface area (Å²) in [6.07, 6.45) is 0.290. The second-order valence-electron chi connectivity index (χ2n) is 7.80. The molecule has 1 aliphatic heterocycles. The van der Waals surface area contributed by atoms with Crippen molar-refractivity contribution in [3.8, 4) is 11.4 Å². The lowest BCUT2D eigenvalue weighted by Crippen LogP contribution is -2.50. The lowest BCUT2D eigenvalue weighted by molar-refractivity contribution is -0.132. The van der Waals surface area contributed by atoms with Gasteiger partial charge in [-0.15, -0.1) is 0 Å². The molecule has 166 valence electrons. The Bertz CT molecular complexity index is 1160. The van der Waals surface area contributed by atoms with Gasteiger partial charge in [0.25, 0.3) is 5.91 Å². The quantitative estimate of drug-likeness (QED) is 0.601. The van der Waals surface area contributed by atoms with E-state index >= 15 is 0 Å². The van der Waals surface area contributed by atoms with Crippen LogP contribution in [0.3, 0.4) is 0 Å². The summed E-state index contributed by atoms with van der Waals surface area (Å²) >= 11 is 5.36. The Balaban J connectivity index is 1.34. The van der Waals surface area contributed by atoms with E-state index in [1.807, 2.05) is 35.8 Å². The van der Waals surface area contributed by atoms with E-state index in [1.165, 1.54) is 24.3 Å². The molecule has 1 fully saturated rings. The smallest absolute Gasteiger partial charge is 0.253 e. The molecule has 0 saturated carbocycles. The highest BCUT2D eigenvalue weighted by Crippen LogP contribution is 2.19. The van der Waals surface area contributed by atoms with Crippen molar-refractivity contribution in [1.82, 2.24) is 24.6 Å². The third-order valence-corrected chi connectivity index (χ3v) is 5.94. The first kappa shape index (κ1) is 21.9. The number of piperazine rings is 1. The van der Waals surface area contributed by atoms with E-state index in [-0.39, 0.29) is 17.6 Å². The van der Waals surface area contributed by atoms with E-state index in [1.54, 1.807) is 9.80 Å². The van der Waals surface area contributed by atoms with Gasteiger partial charge in [0.2, 0.25) is 5.91 Å². The maximum absolute atomic E-state index is 13.1. The number of amides is 2. The van der Waals surface area contributed by atoms with Crippen LogP contribution in [-0.4, -0.2) is 62.6 Å². The second-order valence-corrected chi connectivity index (χ2v) is 8.19. The monoisotopic (exact) mass is 453 g/mol. The maximum Gasteiger partial charge on any atom is 0.253 e. The predicted molar refractivity (Wildman–Crippen MR) is 121 cm³/mol. The number of aromatic amines is 1. The van der Waals surface area contributed by atoms with Crippen molar-refractivity contribution in [2.45, 2.75) is 19.9 Å². The molecule has 0 atom stereocenters. The molecular formula is C23H24FN5O2S. The minimum atomic E-state index is -0.375. The summed E-state index contributed by atoms with van der Waals surface area (Å²) < 4.78 is 15.4. The molecule has 3 aromatic rings. The van der Waals surface area contributed by atoms with Crippen molar-refractivity contribution < 1.29 is 14.0 Å². The van der Waals surface area contributed by atoms with E-state index in [0.29, 0.717) is 55.3 Å². The molecule has 1 N–H and O–H groups in total. The normalized spacial score (nSPS) is 13.9. The Morgan fingerprint density at radius 3 is 2.28 bits per heavy atom. The van der Waals surface area contributed by atoms with E-state index in [2.05, 4.69) is 10.2 Å². The second kappa shape index (κ2) is 9.44. The summed E-state index contributed by atoms with van der Waals surface area (Å²) in [6, 6.07) is 13.5. The van der Waals surface area contributed by atoms with Gasteiger partial charge in [-0.3, -0.25) is 19.3 Å². The summed E-state index contributed by atoms with van der Waals surface area (Å²) in [5.74, 6) is 0.194. The largest absolute Gasteiger partial charge is 0.339 e. The Morgan fingerprint density at radius 2 is 1.62 bits per heavy atom. The molecule has 9 heteroatoms. The first-order chi connectivity index (χ1) is 15.4. The number of nitrogens with zero attached hydrogens (tertiary/aromatic N) is 4. The SMILES string of the molecule is Cc1ccc(-c2n[nH]c(=S)n2CCC(=O)N2CCN(C(=O)c3ccc(F)cc3)CC2)cc1. The summed E-state index contributed by atoms with van der Waals surface area (Å²) in [6.45, 7) is 4.27. The Hall–Kier alpha value is -3.33. The van der Waals surface area contributed by atoms with Gasteiger partial charge in [0, 0.05) is 50.3 Å². The summed E-state index contributed by atoms with van der Waals surface area (Å²) in [5, 5.41) is 7.14. The number of halogens is 1. The van der Waals surface area contributed by atoms with Crippen molar-refractivity contribution in [3.05, 3.63) is 70.2 Å². The van der Waals surface area contributed by atoms with Gasteiger partial charge < -0.3 is 9.80 Å². The van der Waals surface area contributed by atoms with E-state index in [9.17, 15) is 14.0 Å². The standard InChI is InChI=1S/C23H24FN5O2S/c1-16-2-4-17(5-3-16)21-25-26-23(32)29(21)11-10-20(30)27-12-14-28(15-13-27)22(31)18-6-8-19(24)9-7-18/h2-9H,10-15H2,1H3,(H,26,32). The van der Waals surface area contributed by atoms with Crippen LogP contribution in [0.2, 0.25) is 0 Å². The number of aryl methyl sites for hydroxylation is 1. The molecule has 1 aliphatic rings. The number of rotatable bonds is 5. The molecule has 7 nitrogen and oxygen atoms in total. The maximum atomic E-state index is 13.1. The highest BCUT2D eigenvalue weighted by atomic mass is 32.1. The van der Waals surface area contributed by atoms with Crippen LogP contribution in [0.5, 0.6) is 0 Å². The first-order valence-corrected chi connectivity index (χ1v) is 10.9. The molecule has 0 aliphatic carbocycles. The highest BCUT2D eigenvalue weighted by Gasteiger charge is 2.25. The molecule has 0 unspecified atom stereocenters. The number of benzene rings is 2. The number of hydrogen-bond donors (Lipinski definition) is 1. The van der Waals surface area contributed by atoms with Crippen LogP contribution in [0.1, 0.15) is 22.3 Å². The third kappa shape index (κ3) is 4.77. The fourth-order valence-electron chi connectivity index (χ4n) is 3.75. The topological polar surface area (TPSA) is 74.2 Å². The first-order valence-electron chi connectivity index (χ1n) is 10.5. The molecule has 0 spiro atoms. The van der Waals surface area contributed by atoms with Crippen LogP contribution in [0.25, 0.3) is 11.4 Å². The van der Waals surface area contributed by atoms with Crippen LogP contribution in [-0.2, 0) is 11.3 Å². The van der Waals surface area contributed by atoms with Crippen LogP contribution in [0.4, 0.5) is 4.39 Å². The zero-order chi connectivity index (χ0) is 22.7. The fraction of sp³-hybridized carbons (Fsp3) is 0.304. The highest BCUT2D eigenvalue weighted by molar-refractivity contribution is 7.71. The Morgan fingerprint density at radius 1 is 1.00 bits per heavy atom. The summed E-state index contributed by atoms with van der Waals surface area (Å²) in [5.41, 5.74) is 2.54. The fourth-order valence-corrected chi connectivity index (χ4v) is 3.97. The molecule has 4 rings (SSSR count). The Kier molecular flexibility index (Phi) is 6.45.